The quantitative estimate of drug-likeness (QED) is 0.609. The minimum absolute atomic E-state index is 0.740. The van der Waals surface area contributed by atoms with E-state index in [0.29, 0.717) is 0 Å². The first kappa shape index (κ1) is 11.7. The highest BCUT2D eigenvalue weighted by Gasteiger charge is 2.05. The standard InChI is InChI=1S/C12H9BrINO/c13-9-3-1-2-4-11(9)16-12-6-5-8(15)7-10(12)14/h1-7H,15H2. The average molecular weight is 390 g/mol. The molecule has 2 rings (SSSR count). The van der Waals surface area contributed by atoms with Crippen molar-refractivity contribution in [2.24, 2.45) is 0 Å². The molecule has 0 radical (unpaired) electrons. The van der Waals surface area contributed by atoms with E-state index in [0.717, 1.165) is 25.2 Å². The van der Waals surface area contributed by atoms with Crippen molar-refractivity contribution in [1.82, 2.24) is 0 Å². The molecule has 0 unspecified atom stereocenters. The maximum absolute atomic E-state index is 5.78. The zero-order valence-electron chi connectivity index (χ0n) is 8.28. The number of hydrogen-bond acceptors (Lipinski definition) is 2. The SMILES string of the molecule is Nc1ccc(Oc2ccccc2Br)c(I)c1. The van der Waals surface area contributed by atoms with Gasteiger partial charge in [-0.1, -0.05) is 12.1 Å². The first-order chi connectivity index (χ1) is 7.66. The smallest absolute Gasteiger partial charge is 0.141 e. The van der Waals surface area contributed by atoms with Crippen LogP contribution in [0.3, 0.4) is 0 Å². The number of nitrogen functional groups attached to an aromatic ring is 1. The summed E-state index contributed by atoms with van der Waals surface area (Å²) in [4.78, 5) is 0. The Labute approximate surface area is 116 Å². The minimum atomic E-state index is 0.740. The summed E-state index contributed by atoms with van der Waals surface area (Å²) in [5.74, 6) is 1.60. The summed E-state index contributed by atoms with van der Waals surface area (Å²) in [6.07, 6.45) is 0. The van der Waals surface area contributed by atoms with Crippen LogP contribution in [-0.4, -0.2) is 0 Å². The average Bonchev–Trinajstić information content (AvgIpc) is 2.25. The molecule has 2 N–H and O–H groups in total. The highest BCUT2D eigenvalue weighted by molar-refractivity contribution is 14.1. The van der Waals surface area contributed by atoms with E-state index in [2.05, 4.69) is 38.5 Å². The summed E-state index contributed by atoms with van der Waals surface area (Å²) in [6.45, 7) is 0. The van der Waals surface area contributed by atoms with Crippen LogP contribution in [0, 0.1) is 3.57 Å². The molecule has 0 heterocycles. The molecule has 4 heteroatoms. The second-order valence-electron chi connectivity index (χ2n) is 3.22. The number of halogens is 2. The van der Waals surface area contributed by atoms with Gasteiger partial charge in [-0.05, 0) is 68.9 Å². The van der Waals surface area contributed by atoms with Crippen LogP contribution in [-0.2, 0) is 0 Å². The second kappa shape index (κ2) is 5.05. The molecule has 0 aromatic heterocycles. The maximum Gasteiger partial charge on any atom is 0.141 e. The lowest BCUT2D eigenvalue weighted by atomic mass is 10.3. The van der Waals surface area contributed by atoms with Gasteiger partial charge in [0.25, 0.3) is 0 Å². The molecule has 82 valence electrons. The number of ether oxygens (including phenoxy) is 1. The van der Waals surface area contributed by atoms with Gasteiger partial charge >= 0.3 is 0 Å². The first-order valence-electron chi connectivity index (χ1n) is 4.64. The highest BCUT2D eigenvalue weighted by atomic mass is 127. The van der Waals surface area contributed by atoms with E-state index in [9.17, 15) is 0 Å². The number of nitrogens with two attached hydrogens (primary N) is 1. The Balaban J connectivity index is 2.31. The highest BCUT2D eigenvalue weighted by Crippen LogP contribution is 2.32. The topological polar surface area (TPSA) is 35.2 Å². The normalized spacial score (nSPS) is 10.1. The number of para-hydroxylation sites is 1. The summed E-state index contributed by atoms with van der Waals surface area (Å²) in [6, 6.07) is 13.3. The van der Waals surface area contributed by atoms with Gasteiger partial charge < -0.3 is 10.5 Å². The Morgan fingerprint density at radius 2 is 1.81 bits per heavy atom. The molecule has 0 aliphatic carbocycles. The van der Waals surface area contributed by atoms with Crippen molar-refractivity contribution < 1.29 is 4.74 Å². The molecule has 16 heavy (non-hydrogen) atoms. The third kappa shape index (κ3) is 2.68. The van der Waals surface area contributed by atoms with E-state index in [1.54, 1.807) is 0 Å². The molecule has 0 spiro atoms. The zero-order valence-corrected chi connectivity index (χ0v) is 12.0. The number of rotatable bonds is 2. The van der Waals surface area contributed by atoms with Crippen LogP contribution in [0.5, 0.6) is 11.5 Å². The third-order valence-corrected chi connectivity index (χ3v) is 3.51. The molecule has 2 aromatic carbocycles. The fourth-order valence-corrected chi connectivity index (χ4v) is 2.26. The Kier molecular flexibility index (Phi) is 3.70. The molecular weight excluding hydrogens is 381 g/mol. The lowest BCUT2D eigenvalue weighted by Crippen LogP contribution is -1.90. The van der Waals surface area contributed by atoms with Gasteiger partial charge in [0.05, 0.1) is 8.04 Å². The van der Waals surface area contributed by atoms with Crippen LogP contribution in [0.25, 0.3) is 0 Å². The van der Waals surface area contributed by atoms with Crippen LogP contribution < -0.4 is 10.5 Å². The van der Waals surface area contributed by atoms with E-state index in [4.69, 9.17) is 10.5 Å². The lowest BCUT2D eigenvalue weighted by molar-refractivity contribution is 0.476. The van der Waals surface area contributed by atoms with Crippen LogP contribution in [0.1, 0.15) is 0 Å². The predicted octanol–water partition coefficient (Wildman–Crippen LogP) is 4.43. The van der Waals surface area contributed by atoms with Crippen LogP contribution in [0.15, 0.2) is 46.9 Å². The van der Waals surface area contributed by atoms with Gasteiger partial charge in [-0.2, -0.15) is 0 Å². The van der Waals surface area contributed by atoms with E-state index >= 15 is 0 Å². The Morgan fingerprint density at radius 1 is 1.06 bits per heavy atom. The van der Waals surface area contributed by atoms with Crippen molar-refractivity contribution in [1.29, 1.82) is 0 Å². The van der Waals surface area contributed by atoms with Crippen molar-refractivity contribution in [3.8, 4) is 11.5 Å². The third-order valence-electron chi connectivity index (χ3n) is 2.01. The number of benzene rings is 2. The Bertz CT molecular complexity index is 516. The monoisotopic (exact) mass is 389 g/mol. The van der Waals surface area contributed by atoms with Crippen molar-refractivity contribution in [2.45, 2.75) is 0 Å². The predicted molar refractivity (Wildman–Crippen MR) is 77.8 cm³/mol. The summed E-state index contributed by atoms with van der Waals surface area (Å²) in [5, 5.41) is 0. The zero-order chi connectivity index (χ0) is 11.5. The minimum Gasteiger partial charge on any atom is -0.455 e. The van der Waals surface area contributed by atoms with E-state index < -0.39 is 0 Å². The number of hydrogen-bond donors (Lipinski definition) is 1. The van der Waals surface area contributed by atoms with Crippen LogP contribution >= 0.6 is 38.5 Å². The Morgan fingerprint density at radius 3 is 2.50 bits per heavy atom. The van der Waals surface area contributed by atoms with Gasteiger partial charge in [0.15, 0.2) is 0 Å². The van der Waals surface area contributed by atoms with Crippen molar-refractivity contribution >= 4 is 44.2 Å². The summed E-state index contributed by atoms with van der Waals surface area (Å²) >= 11 is 5.64. The van der Waals surface area contributed by atoms with Gasteiger partial charge in [0.2, 0.25) is 0 Å². The fraction of sp³-hybridized carbons (Fsp3) is 0. The summed E-state index contributed by atoms with van der Waals surface area (Å²) < 4.78 is 7.71. The molecule has 0 atom stereocenters. The maximum atomic E-state index is 5.78. The largest absolute Gasteiger partial charge is 0.455 e. The molecule has 0 saturated carbocycles. The molecule has 2 aromatic rings. The lowest BCUT2D eigenvalue weighted by Gasteiger charge is -2.09. The van der Waals surface area contributed by atoms with Crippen molar-refractivity contribution in [3.63, 3.8) is 0 Å². The first-order valence-corrected chi connectivity index (χ1v) is 6.51. The summed E-state index contributed by atoms with van der Waals surface area (Å²) in [7, 11) is 0. The molecule has 0 amide bonds. The Hall–Kier alpha value is -0.750. The van der Waals surface area contributed by atoms with Crippen LogP contribution in [0.4, 0.5) is 5.69 Å². The molecule has 0 fully saturated rings. The molecule has 0 bridgehead atoms. The van der Waals surface area contributed by atoms with Crippen molar-refractivity contribution in [3.05, 3.63) is 50.5 Å². The van der Waals surface area contributed by atoms with Crippen molar-refractivity contribution in [2.75, 3.05) is 5.73 Å². The van der Waals surface area contributed by atoms with E-state index in [-0.39, 0.29) is 0 Å². The van der Waals surface area contributed by atoms with E-state index in [1.807, 2.05) is 42.5 Å². The fourth-order valence-electron chi connectivity index (χ4n) is 1.25. The van der Waals surface area contributed by atoms with E-state index in [1.165, 1.54) is 0 Å². The van der Waals surface area contributed by atoms with Gasteiger partial charge in [-0.3, -0.25) is 0 Å². The second-order valence-corrected chi connectivity index (χ2v) is 5.24. The van der Waals surface area contributed by atoms with Gasteiger partial charge in [-0.15, -0.1) is 0 Å². The molecule has 2 nitrogen and oxygen atoms in total. The van der Waals surface area contributed by atoms with Gasteiger partial charge in [0, 0.05) is 5.69 Å². The van der Waals surface area contributed by atoms with Gasteiger partial charge in [0.1, 0.15) is 11.5 Å². The molecular formula is C12H9BrINO. The molecule has 0 aliphatic rings. The molecule has 0 aliphatic heterocycles. The molecule has 0 saturated heterocycles. The summed E-state index contributed by atoms with van der Waals surface area (Å²) in [5.41, 5.74) is 6.42. The number of anilines is 1. The van der Waals surface area contributed by atoms with Gasteiger partial charge in [-0.25, -0.2) is 0 Å². The van der Waals surface area contributed by atoms with Crippen LogP contribution in [0.2, 0.25) is 0 Å².